The lowest BCUT2D eigenvalue weighted by Crippen LogP contribution is -2.53. The molecular weight excluding hydrogens is 330 g/mol. The minimum atomic E-state index is -1.45. The van der Waals surface area contributed by atoms with Crippen LogP contribution in [-0.2, 0) is 14.4 Å². The first-order valence-electron chi connectivity index (χ1n) is 9.24. The highest BCUT2D eigenvalue weighted by atomic mass is 16.3. The average Bonchev–Trinajstić information content (AvgIpc) is 2.54. The minimum Gasteiger partial charge on any atom is -0.389 e. The van der Waals surface area contributed by atoms with E-state index in [1.54, 1.807) is 0 Å². The first-order chi connectivity index (χ1) is 12.1. The molecule has 0 heterocycles. The summed E-state index contributed by atoms with van der Waals surface area (Å²) in [6.45, 7) is 10.2. The highest BCUT2D eigenvalue weighted by Gasteiger charge is 2.53. The molecule has 0 bridgehead atoms. The van der Waals surface area contributed by atoms with Crippen LogP contribution in [0.4, 0.5) is 5.69 Å². The zero-order valence-corrected chi connectivity index (χ0v) is 16.3. The lowest BCUT2D eigenvalue weighted by Gasteiger charge is -2.44. The largest absolute Gasteiger partial charge is 0.389 e. The molecule has 0 aromatic heterocycles. The fourth-order valence-corrected chi connectivity index (χ4v) is 4.40. The van der Waals surface area contributed by atoms with Crippen LogP contribution in [-0.4, -0.2) is 41.1 Å². The third kappa shape index (κ3) is 3.73. The lowest BCUT2D eigenvalue weighted by atomic mass is 9.60. The smallest absolute Gasteiger partial charge is 0.146 e. The van der Waals surface area contributed by atoms with Gasteiger partial charge in [-0.15, -0.1) is 0 Å². The molecule has 4 atom stereocenters. The van der Waals surface area contributed by atoms with Crippen molar-refractivity contribution in [1.29, 1.82) is 0 Å². The van der Waals surface area contributed by atoms with Crippen molar-refractivity contribution in [3.05, 3.63) is 29.8 Å². The topological polar surface area (TPSA) is 74.7 Å². The van der Waals surface area contributed by atoms with Gasteiger partial charge in [-0.2, -0.15) is 0 Å². The van der Waals surface area contributed by atoms with Gasteiger partial charge in [-0.1, -0.05) is 12.1 Å². The Morgan fingerprint density at radius 1 is 1.12 bits per heavy atom. The van der Waals surface area contributed by atoms with Gasteiger partial charge in [0, 0.05) is 31.1 Å². The Bertz CT molecular complexity index is 688. The first-order valence-corrected chi connectivity index (χ1v) is 9.24. The molecule has 1 saturated carbocycles. The van der Waals surface area contributed by atoms with E-state index in [0.717, 1.165) is 24.3 Å². The summed E-state index contributed by atoms with van der Waals surface area (Å²) in [5.74, 6) is -3.05. The Morgan fingerprint density at radius 2 is 1.65 bits per heavy atom. The van der Waals surface area contributed by atoms with E-state index >= 15 is 0 Å². The zero-order chi connectivity index (χ0) is 19.6. The Labute approximate surface area is 155 Å². The molecule has 0 aliphatic heterocycles. The first kappa shape index (κ1) is 20.3. The fourth-order valence-electron chi connectivity index (χ4n) is 4.40. The summed E-state index contributed by atoms with van der Waals surface area (Å²) >= 11 is 0. The van der Waals surface area contributed by atoms with Gasteiger partial charge in [0.05, 0.1) is 17.4 Å². The minimum absolute atomic E-state index is 0.171. The second kappa shape index (κ2) is 7.70. The number of carbonyl (C=O) groups excluding carboxylic acids is 3. The van der Waals surface area contributed by atoms with Crippen molar-refractivity contribution >= 4 is 23.0 Å². The highest BCUT2D eigenvalue weighted by Crippen LogP contribution is 2.46. The molecule has 1 aromatic rings. The Hall–Kier alpha value is -2.01. The Balaban J connectivity index is 2.53. The molecule has 0 radical (unpaired) electrons. The van der Waals surface area contributed by atoms with Gasteiger partial charge in [-0.25, -0.2) is 0 Å². The van der Waals surface area contributed by atoms with Crippen molar-refractivity contribution in [3.63, 3.8) is 0 Å². The molecule has 0 spiro atoms. The average molecular weight is 359 g/mol. The van der Waals surface area contributed by atoms with Gasteiger partial charge in [0.2, 0.25) is 0 Å². The predicted octanol–water partition coefficient (Wildman–Crippen LogP) is 2.75. The van der Waals surface area contributed by atoms with Gasteiger partial charge in [0.15, 0.2) is 0 Å². The second-order valence-electron chi connectivity index (χ2n) is 7.47. The number of ketones is 3. The third-order valence-electron chi connectivity index (χ3n) is 5.55. The summed E-state index contributed by atoms with van der Waals surface area (Å²) in [6.07, 6.45) is -0.171. The monoisotopic (exact) mass is 359 g/mol. The molecule has 0 unspecified atom stereocenters. The summed E-state index contributed by atoms with van der Waals surface area (Å²) in [5, 5.41) is 10.8. The van der Waals surface area contributed by atoms with Crippen LogP contribution in [0.2, 0.25) is 0 Å². The molecule has 1 aromatic carbocycles. The van der Waals surface area contributed by atoms with E-state index < -0.39 is 23.4 Å². The number of aliphatic hydroxyl groups is 1. The van der Waals surface area contributed by atoms with Gasteiger partial charge in [0.1, 0.15) is 17.3 Å². The molecule has 2 rings (SSSR count). The van der Waals surface area contributed by atoms with Crippen molar-refractivity contribution in [2.24, 2.45) is 11.8 Å². The van der Waals surface area contributed by atoms with Crippen LogP contribution in [0.3, 0.4) is 0 Å². The number of carbonyl (C=O) groups is 3. The normalized spacial score (nSPS) is 28.7. The summed E-state index contributed by atoms with van der Waals surface area (Å²) in [5.41, 5.74) is 0.345. The van der Waals surface area contributed by atoms with Crippen LogP contribution in [0.25, 0.3) is 0 Å². The molecule has 1 aliphatic rings. The summed E-state index contributed by atoms with van der Waals surface area (Å²) in [4.78, 5) is 39.3. The molecule has 1 fully saturated rings. The van der Waals surface area contributed by atoms with E-state index in [1.807, 2.05) is 24.3 Å². The van der Waals surface area contributed by atoms with E-state index in [4.69, 9.17) is 0 Å². The molecule has 1 aliphatic carbocycles. The molecule has 26 heavy (non-hydrogen) atoms. The molecular formula is C21H29NO4. The quantitative estimate of drug-likeness (QED) is 0.791. The fraction of sp³-hybridized carbons (Fsp3) is 0.571. The number of hydrogen-bond donors (Lipinski definition) is 1. The molecule has 5 heteroatoms. The second-order valence-corrected chi connectivity index (χ2v) is 7.47. The molecule has 5 nitrogen and oxygen atoms in total. The molecule has 0 amide bonds. The number of anilines is 1. The van der Waals surface area contributed by atoms with E-state index in [0.29, 0.717) is 0 Å². The zero-order valence-electron chi connectivity index (χ0n) is 16.3. The molecule has 0 saturated heterocycles. The SMILES string of the molecule is CCN(CC)c1ccc([C@@H]2[C@H](C(C)=O)C(=O)C[C@@](C)(O)[C@@H]2C(C)=O)cc1. The van der Waals surface area contributed by atoms with Crippen LogP contribution in [0.5, 0.6) is 0 Å². The van der Waals surface area contributed by atoms with Gasteiger partial charge < -0.3 is 10.0 Å². The lowest BCUT2D eigenvalue weighted by molar-refractivity contribution is -0.151. The Morgan fingerprint density at radius 3 is 2.08 bits per heavy atom. The number of rotatable bonds is 6. The van der Waals surface area contributed by atoms with Crippen molar-refractivity contribution in [3.8, 4) is 0 Å². The summed E-state index contributed by atoms with van der Waals surface area (Å²) < 4.78 is 0. The van der Waals surface area contributed by atoms with Gasteiger partial charge in [-0.05, 0) is 52.3 Å². The van der Waals surface area contributed by atoms with Crippen molar-refractivity contribution in [2.45, 2.75) is 52.6 Å². The van der Waals surface area contributed by atoms with Gasteiger partial charge >= 0.3 is 0 Å². The van der Waals surface area contributed by atoms with Crippen LogP contribution < -0.4 is 4.90 Å². The number of benzene rings is 1. The Kier molecular flexibility index (Phi) is 6.02. The highest BCUT2D eigenvalue weighted by molar-refractivity contribution is 6.05. The van der Waals surface area contributed by atoms with E-state index in [9.17, 15) is 19.5 Å². The maximum absolute atomic E-state index is 12.6. The molecule has 1 N–H and O–H groups in total. The van der Waals surface area contributed by atoms with Crippen LogP contribution in [0, 0.1) is 11.8 Å². The maximum atomic E-state index is 12.6. The van der Waals surface area contributed by atoms with E-state index in [1.165, 1.54) is 20.8 Å². The maximum Gasteiger partial charge on any atom is 0.146 e. The summed E-state index contributed by atoms with van der Waals surface area (Å²) in [7, 11) is 0. The van der Waals surface area contributed by atoms with Crippen molar-refractivity contribution in [2.75, 3.05) is 18.0 Å². The van der Waals surface area contributed by atoms with Gasteiger partial charge in [0.25, 0.3) is 0 Å². The number of hydrogen-bond acceptors (Lipinski definition) is 5. The number of nitrogens with zero attached hydrogens (tertiary/aromatic N) is 1. The van der Waals surface area contributed by atoms with E-state index in [2.05, 4.69) is 18.7 Å². The summed E-state index contributed by atoms with van der Waals surface area (Å²) in [6, 6.07) is 7.65. The van der Waals surface area contributed by atoms with E-state index in [-0.39, 0.29) is 23.8 Å². The third-order valence-corrected chi connectivity index (χ3v) is 5.55. The van der Waals surface area contributed by atoms with Crippen LogP contribution in [0.15, 0.2) is 24.3 Å². The van der Waals surface area contributed by atoms with Crippen LogP contribution >= 0.6 is 0 Å². The standard InChI is InChI=1S/C21H29NO4/c1-6-22(7-2)16-10-8-15(9-11-16)19-18(13(3)23)17(25)12-21(5,26)20(19)14(4)24/h8-11,18-20,26H,6-7,12H2,1-5H3/t18-,19-,20-,21-/m1/s1. The van der Waals surface area contributed by atoms with Crippen molar-refractivity contribution in [1.82, 2.24) is 0 Å². The van der Waals surface area contributed by atoms with Crippen LogP contribution in [0.1, 0.15) is 52.5 Å². The number of Topliss-reactive ketones (excluding diaryl/α,β-unsaturated/α-hetero) is 3. The molecule has 142 valence electrons. The van der Waals surface area contributed by atoms with Gasteiger partial charge in [-0.3, -0.25) is 14.4 Å². The van der Waals surface area contributed by atoms with Crippen molar-refractivity contribution < 1.29 is 19.5 Å². The predicted molar refractivity (Wildman–Crippen MR) is 101 cm³/mol.